The molecule has 0 radical (unpaired) electrons. The molecule has 0 heterocycles. The minimum atomic E-state index is 0.506. The van der Waals surface area contributed by atoms with E-state index in [-0.39, 0.29) is 0 Å². The highest BCUT2D eigenvalue weighted by Gasteiger charge is 2.18. The van der Waals surface area contributed by atoms with Gasteiger partial charge in [0.15, 0.2) is 5.11 Å². The van der Waals surface area contributed by atoms with Gasteiger partial charge in [0.05, 0.1) is 5.71 Å². The number of hydrogen-bond donors (Lipinski definition) is 2. The zero-order valence-corrected chi connectivity index (χ0v) is 12.4. The quantitative estimate of drug-likeness (QED) is 0.466. The smallest absolute Gasteiger partial charge is 0.186 e. The summed E-state index contributed by atoms with van der Waals surface area (Å²) >= 11 is 5.14. The van der Waals surface area contributed by atoms with Gasteiger partial charge in [-0.2, -0.15) is 5.10 Å². The summed E-state index contributed by atoms with van der Waals surface area (Å²) in [6.45, 7) is 11.2. The highest BCUT2D eigenvalue weighted by Crippen LogP contribution is 2.26. The molecule has 0 aromatic heterocycles. The second-order valence-corrected chi connectivity index (χ2v) is 5.20. The van der Waals surface area contributed by atoms with Crippen molar-refractivity contribution in [3.05, 3.63) is 23.8 Å². The molecular formula is C14H23N3S. The summed E-state index contributed by atoms with van der Waals surface area (Å²) in [5.41, 5.74) is 6.45. The van der Waals surface area contributed by atoms with Crippen LogP contribution in [0.4, 0.5) is 0 Å². The molecule has 1 atom stereocenters. The minimum Gasteiger partial charge on any atom is -0.361 e. The Morgan fingerprint density at radius 1 is 1.61 bits per heavy atom. The van der Waals surface area contributed by atoms with Crippen molar-refractivity contribution in [2.24, 2.45) is 11.0 Å². The summed E-state index contributed by atoms with van der Waals surface area (Å²) in [5.74, 6) is 0.506. The fourth-order valence-electron chi connectivity index (χ4n) is 1.82. The molecule has 0 saturated heterocycles. The third-order valence-electron chi connectivity index (χ3n) is 3.13. The summed E-state index contributed by atoms with van der Waals surface area (Å²) in [6, 6.07) is 0. The van der Waals surface area contributed by atoms with Crippen molar-refractivity contribution < 1.29 is 0 Å². The lowest BCUT2D eigenvalue weighted by atomic mass is 9.85. The molecule has 0 fully saturated rings. The van der Waals surface area contributed by atoms with Gasteiger partial charge in [-0.25, -0.2) is 0 Å². The summed E-state index contributed by atoms with van der Waals surface area (Å²) in [4.78, 5) is 0. The van der Waals surface area contributed by atoms with Crippen LogP contribution in [0.25, 0.3) is 0 Å². The molecule has 100 valence electrons. The molecule has 18 heavy (non-hydrogen) atoms. The molecular weight excluding hydrogens is 242 g/mol. The Hall–Kier alpha value is -1.16. The molecule has 0 saturated carbocycles. The van der Waals surface area contributed by atoms with Gasteiger partial charge in [-0.15, -0.1) is 0 Å². The van der Waals surface area contributed by atoms with Crippen LogP contribution in [0.5, 0.6) is 0 Å². The zero-order valence-electron chi connectivity index (χ0n) is 11.5. The van der Waals surface area contributed by atoms with E-state index in [0.717, 1.165) is 31.5 Å². The second-order valence-electron chi connectivity index (χ2n) is 4.80. The predicted octanol–water partition coefficient (Wildman–Crippen LogP) is 3.15. The van der Waals surface area contributed by atoms with Crippen molar-refractivity contribution >= 4 is 23.0 Å². The Morgan fingerprint density at radius 2 is 2.33 bits per heavy atom. The topological polar surface area (TPSA) is 36.4 Å². The number of nitrogens with one attached hydrogen (secondary N) is 2. The number of hydrogen-bond acceptors (Lipinski definition) is 2. The largest absolute Gasteiger partial charge is 0.361 e. The fraction of sp³-hybridized carbons (Fsp3) is 0.571. The van der Waals surface area contributed by atoms with E-state index in [0.29, 0.717) is 11.0 Å². The summed E-state index contributed by atoms with van der Waals surface area (Å²) in [7, 11) is 0. The van der Waals surface area contributed by atoms with Gasteiger partial charge < -0.3 is 5.32 Å². The molecule has 0 spiro atoms. The molecule has 1 aliphatic carbocycles. The summed E-state index contributed by atoms with van der Waals surface area (Å²) in [5, 5.41) is 8.09. The van der Waals surface area contributed by atoms with Gasteiger partial charge in [-0.1, -0.05) is 25.2 Å². The molecule has 0 aromatic rings. The number of thiocarbonyl (C=S) groups is 1. The highest BCUT2D eigenvalue weighted by atomic mass is 32.1. The third-order valence-corrected chi connectivity index (χ3v) is 3.36. The van der Waals surface area contributed by atoms with E-state index in [2.05, 4.69) is 49.3 Å². The van der Waals surface area contributed by atoms with Crippen LogP contribution in [-0.4, -0.2) is 17.4 Å². The first kappa shape index (κ1) is 14.9. The predicted molar refractivity (Wildman–Crippen MR) is 82.8 cm³/mol. The Labute approximate surface area is 115 Å². The van der Waals surface area contributed by atoms with Crippen LogP contribution in [0.3, 0.4) is 0 Å². The molecule has 0 aromatic carbocycles. The fourth-order valence-corrected chi connectivity index (χ4v) is 1.97. The monoisotopic (exact) mass is 265 g/mol. The lowest BCUT2D eigenvalue weighted by Gasteiger charge is -2.22. The first-order chi connectivity index (χ1) is 8.54. The first-order valence-electron chi connectivity index (χ1n) is 6.47. The maximum Gasteiger partial charge on any atom is 0.186 e. The number of allylic oxidation sites excluding steroid dienone is 3. The van der Waals surface area contributed by atoms with Crippen molar-refractivity contribution in [1.29, 1.82) is 0 Å². The molecule has 0 amide bonds. The normalized spacial score (nSPS) is 21.4. The van der Waals surface area contributed by atoms with Crippen molar-refractivity contribution in [3.8, 4) is 0 Å². The van der Waals surface area contributed by atoms with Crippen LogP contribution in [0.2, 0.25) is 0 Å². The lowest BCUT2D eigenvalue weighted by molar-refractivity contribution is 0.636. The molecule has 1 aliphatic rings. The maximum absolute atomic E-state index is 5.14. The van der Waals surface area contributed by atoms with Crippen LogP contribution in [-0.2, 0) is 0 Å². The highest BCUT2D eigenvalue weighted by molar-refractivity contribution is 7.80. The average molecular weight is 265 g/mol. The van der Waals surface area contributed by atoms with Gasteiger partial charge in [-0.3, -0.25) is 5.43 Å². The van der Waals surface area contributed by atoms with Gasteiger partial charge in [0, 0.05) is 6.54 Å². The molecule has 3 nitrogen and oxygen atoms in total. The Morgan fingerprint density at radius 3 is 2.94 bits per heavy atom. The first-order valence-corrected chi connectivity index (χ1v) is 6.88. The Kier molecular flexibility index (Phi) is 6.05. The molecule has 4 heteroatoms. The van der Waals surface area contributed by atoms with E-state index in [1.54, 1.807) is 0 Å². The summed E-state index contributed by atoms with van der Waals surface area (Å²) in [6.07, 6.45) is 5.29. The van der Waals surface area contributed by atoms with Crippen LogP contribution >= 0.6 is 12.2 Å². The lowest BCUT2D eigenvalue weighted by Crippen LogP contribution is -2.33. The van der Waals surface area contributed by atoms with Crippen LogP contribution in [0.15, 0.2) is 28.9 Å². The van der Waals surface area contributed by atoms with Crippen LogP contribution in [0.1, 0.15) is 40.0 Å². The molecule has 0 bridgehead atoms. The Bertz CT molecular complexity index is 383. The number of rotatable bonds is 4. The average Bonchev–Trinajstić information content (AvgIpc) is 2.35. The van der Waals surface area contributed by atoms with E-state index < -0.39 is 0 Å². The van der Waals surface area contributed by atoms with Gasteiger partial charge in [0.2, 0.25) is 0 Å². The van der Waals surface area contributed by atoms with Crippen molar-refractivity contribution in [2.75, 3.05) is 6.54 Å². The number of hydrazone groups is 1. The second kappa shape index (κ2) is 7.31. The third kappa shape index (κ3) is 4.61. The van der Waals surface area contributed by atoms with Crippen molar-refractivity contribution in [2.45, 2.75) is 40.0 Å². The van der Waals surface area contributed by atoms with Crippen molar-refractivity contribution in [3.63, 3.8) is 0 Å². The van der Waals surface area contributed by atoms with E-state index in [9.17, 15) is 0 Å². The Balaban J connectivity index is 2.58. The van der Waals surface area contributed by atoms with Crippen molar-refractivity contribution in [1.82, 2.24) is 10.7 Å². The van der Waals surface area contributed by atoms with Gasteiger partial charge in [-0.05, 0) is 56.8 Å². The SMILES string of the molecule is C=C(C)[C@@H]1CC=C(C)/C(=N\NC(=S)NCCC)C1. The van der Waals surface area contributed by atoms with Gasteiger partial charge in [0.1, 0.15) is 0 Å². The molecule has 1 rings (SSSR count). The molecule has 0 aliphatic heterocycles. The van der Waals surface area contributed by atoms with Gasteiger partial charge >= 0.3 is 0 Å². The van der Waals surface area contributed by atoms with Gasteiger partial charge in [0.25, 0.3) is 0 Å². The van der Waals surface area contributed by atoms with Crippen LogP contribution in [0, 0.1) is 5.92 Å². The maximum atomic E-state index is 5.14. The molecule has 0 unspecified atom stereocenters. The minimum absolute atomic E-state index is 0.506. The number of nitrogens with zero attached hydrogens (tertiary/aromatic N) is 1. The van der Waals surface area contributed by atoms with E-state index in [1.807, 2.05) is 0 Å². The van der Waals surface area contributed by atoms with E-state index in [4.69, 9.17) is 12.2 Å². The summed E-state index contributed by atoms with van der Waals surface area (Å²) < 4.78 is 0. The van der Waals surface area contributed by atoms with E-state index >= 15 is 0 Å². The van der Waals surface area contributed by atoms with Crippen LogP contribution < -0.4 is 10.7 Å². The standard InChI is InChI=1S/C14H23N3S/c1-5-8-15-14(18)17-16-13-9-12(10(2)3)7-6-11(13)4/h6,12H,2,5,7-9H2,1,3-4H3,(H2,15,17,18)/b16-13-/t12-/m1/s1. The zero-order chi connectivity index (χ0) is 13.5. The van der Waals surface area contributed by atoms with E-state index in [1.165, 1.54) is 11.1 Å². The molecule has 2 N–H and O–H groups in total.